The minimum Gasteiger partial charge on any atom is -0.497 e. The molecule has 31 heavy (non-hydrogen) atoms. The van der Waals surface area contributed by atoms with Gasteiger partial charge in [0.05, 0.1) is 27.4 Å². The number of carbonyl (C=O) groups is 1. The molecule has 2 aromatic rings. The van der Waals surface area contributed by atoms with Gasteiger partial charge >= 0.3 is 0 Å². The highest BCUT2D eigenvalue weighted by atomic mass is 16.5. The Morgan fingerprint density at radius 2 is 1.68 bits per heavy atom. The molecule has 0 bridgehead atoms. The van der Waals surface area contributed by atoms with Crippen molar-refractivity contribution in [2.45, 2.75) is 45.8 Å². The van der Waals surface area contributed by atoms with E-state index in [-0.39, 0.29) is 23.9 Å². The van der Waals surface area contributed by atoms with Crippen LogP contribution in [-0.2, 0) is 17.8 Å². The van der Waals surface area contributed by atoms with Gasteiger partial charge in [0, 0.05) is 25.0 Å². The van der Waals surface area contributed by atoms with Gasteiger partial charge in [-0.25, -0.2) is 0 Å². The molecule has 0 saturated carbocycles. The number of carbonyl (C=O) groups excluding carboxylic acids is 1. The molecule has 0 spiro atoms. The van der Waals surface area contributed by atoms with E-state index in [4.69, 9.17) is 14.2 Å². The van der Waals surface area contributed by atoms with Gasteiger partial charge in [-0.05, 0) is 54.3 Å². The van der Waals surface area contributed by atoms with Crippen molar-refractivity contribution in [3.63, 3.8) is 0 Å². The van der Waals surface area contributed by atoms with Gasteiger partial charge in [-0.1, -0.05) is 26.0 Å². The molecule has 0 aromatic heterocycles. The Balaban J connectivity index is 1.96. The maximum absolute atomic E-state index is 12.5. The lowest BCUT2D eigenvalue weighted by molar-refractivity contribution is -0.125. The van der Waals surface area contributed by atoms with Gasteiger partial charge < -0.3 is 19.5 Å². The van der Waals surface area contributed by atoms with Gasteiger partial charge in [-0.2, -0.15) is 0 Å². The Morgan fingerprint density at radius 3 is 2.26 bits per heavy atom. The number of amides is 1. The molecular weight excluding hydrogens is 392 g/mol. The first kappa shape index (κ1) is 22.9. The standard InChI is InChI=1S/C25H34N2O4/c1-16(2)25(28)26-17(3)24-21-14-23(31-6)22(30-5)13-19(21)11-12-27(24)15-18-7-9-20(29-4)10-8-18/h7-10,13-14,16-17,24H,11-12,15H2,1-6H3,(H,26,28)/t17-,24+/m0/s1. The number of nitrogens with one attached hydrogen (secondary N) is 1. The zero-order valence-electron chi connectivity index (χ0n) is 19.4. The first-order valence-corrected chi connectivity index (χ1v) is 10.8. The molecule has 1 N–H and O–H groups in total. The third-order valence-electron chi connectivity index (χ3n) is 5.94. The lowest BCUT2D eigenvalue weighted by atomic mass is 9.87. The summed E-state index contributed by atoms with van der Waals surface area (Å²) in [6, 6.07) is 12.3. The third kappa shape index (κ3) is 5.13. The van der Waals surface area contributed by atoms with Crippen LogP contribution in [0.5, 0.6) is 17.2 Å². The van der Waals surface area contributed by atoms with E-state index < -0.39 is 0 Å². The number of hydrogen-bond donors (Lipinski definition) is 1. The van der Waals surface area contributed by atoms with E-state index in [1.165, 1.54) is 16.7 Å². The smallest absolute Gasteiger partial charge is 0.222 e. The molecular formula is C25H34N2O4. The quantitative estimate of drug-likeness (QED) is 0.692. The van der Waals surface area contributed by atoms with E-state index in [9.17, 15) is 4.79 Å². The molecule has 1 heterocycles. The summed E-state index contributed by atoms with van der Waals surface area (Å²) in [5.41, 5.74) is 3.62. The van der Waals surface area contributed by atoms with Gasteiger partial charge in [0.25, 0.3) is 0 Å². The minimum atomic E-state index is -0.0645. The topological polar surface area (TPSA) is 60.0 Å². The lowest BCUT2D eigenvalue weighted by Crippen LogP contribution is -2.48. The van der Waals surface area contributed by atoms with Crippen LogP contribution in [0.4, 0.5) is 0 Å². The Labute approximate surface area is 185 Å². The van der Waals surface area contributed by atoms with Crippen LogP contribution in [0, 0.1) is 5.92 Å². The molecule has 0 radical (unpaired) electrons. The van der Waals surface area contributed by atoms with Crippen molar-refractivity contribution in [1.29, 1.82) is 0 Å². The van der Waals surface area contributed by atoms with Crippen molar-refractivity contribution in [3.05, 3.63) is 53.1 Å². The summed E-state index contributed by atoms with van der Waals surface area (Å²) in [6.45, 7) is 7.59. The summed E-state index contributed by atoms with van der Waals surface area (Å²) in [5.74, 6) is 2.29. The fraction of sp³-hybridized carbons (Fsp3) is 0.480. The largest absolute Gasteiger partial charge is 0.497 e. The minimum absolute atomic E-state index is 0.0216. The highest BCUT2D eigenvalue weighted by molar-refractivity contribution is 5.78. The Hall–Kier alpha value is -2.73. The molecule has 0 fully saturated rings. The predicted octanol–water partition coefficient (Wildman–Crippen LogP) is 3.97. The van der Waals surface area contributed by atoms with Crippen molar-refractivity contribution in [2.24, 2.45) is 5.92 Å². The molecule has 0 aliphatic carbocycles. The zero-order chi connectivity index (χ0) is 22.5. The number of benzene rings is 2. The molecule has 0 unspecified atom stereocenters. The van der Waals surface area contributed by atoms with Crippen LogP contribution in [-0.4, -0.2) is 44.7 Å². The maximum atomic E-state index is 12.5. The van der Waals surface area contributed by atoms with Crippen molar-refractivity contribution < 1.29 is 19.0 Å². The van der Waals surface area contributed by atoms with Gasteiger partial charge in [0.1, 0.15) is 5.75 Å². The number of fused-ring (bicyclic) bond motifs is 1. The van der Waals surface area contributed by atoms with Crippen LogP contribution in [0.3, 0.4) is 0 Å². The van der Waals surface area contributed by atoms with Gasteiger partial charge in [-0.15, -0.1) is 0 Å². The van der Waals surface area contributed by atoms with Crippen molar-refractivity contribution in [1.82, 2.24) is 10.2 Å². The first-order valence-electron chi connectivity index (χ1n) is 10.8. The number of hydrogen-bond acceptors (Lipinski definition) is 5. The van der Waals surface area contributed by atoms with Crippen molar-refractivity contribution >= 4 is 5.91 Å². The second-order valence-corrected chi connectivity index (χ2v) is 8.37. The molecule has 168 valence electrons. The summed E-state index contributed by atoms with van der Waals surface area (Å²) in [5, 5.41) is 3.22. The number of methoxy groups -OCH3 is 3. The molecule has 6 nitrogen and oxygen atoms in total. The molecule has 1 amide bonds. The highest BCUT2D eigenvalue weighted by Crippen LogP contribution is 2.40. The highest BCUT2D eigenvalue weighted by Gasteiger charge is 2.34. The van der Waals surface area contributed by atoms with Crippen LogP contribution in [0.2, 0.25) is 0 Å². The van der Waals surface area contributed by atoms with Crippen LogP contribution >= 0.6 is 0 Å². The number of ether oxygens (including phenoxy) is 3. The summed E-state index contributed by atoms with van der Waals surface area (Å²) >= 11 is 0. The van der Waals surface area contributed by atoms with E-state index in [1.807, 2.05) is 26.0 Å². The van der Waals surface area contributed by atoms with Gasteiger partial charge in [-0.3, -0.25) is 9.69 Å². The summed E-state index contributed by atoms with van der Waals surface area (Å²) in [7, 11) is 4.99. The van der Waals surface area contributed by atoms with Crippen molar-refractivity contribution in [2.75, 3.05) is 27.9 Å². The second-order valence-electron chi connectivity index (χ2n) is 8.37. The van der Waals surface area contributed by atoms with Crippen molar-refractivity contribution in [3.8, 4) is 17.2 Å². The van der Waals surface area contributed by atoms with Gasteiger partial charge in [0.2, 0.25) is 5.91 Å². The fourth-order valence-corrected chi connectivity index (χ4v) is 4.23. The molecule has 1 aliphatic rings. The van der Waals surface area contributed by atoms with E-state index in [1.54, 1.807) is 21.3 Å². The average Bonchev–Trinajstić information content (AvgIpc) is 2.78. The SMILES string of the molecule is COc1ccc(CN2CCc3cc(OC)c(OC)cc3[C@H]2[C@H](C)NC(=O)C(C)C)cc1. The van der Waals surface area contributed by atoms with Gasteiger partial charge in [0.15, 0.2) is 11.5 Å². The van der Waals surface area contributed by atoms with Crippen LogP contribution < -0.4 is 19.5 Å². The van der Waals surface area contributed by atoms with E-state index in [0.29, 0.717) is 5.75 Å². The van der Waals surface area contributed by atoms with E-state index in [2.05, 4.69) is 41.4 Å². The summed E-state index contributed by atoms with van der Waals surface area (Å²) in [4.78, 5) is 14.9. The molecule has 0 saturated heterocycles. The first-order chi connectivity index (χ1) is 14.9. The fourth-order valence-electron chi connectivity index (χ4n) is 4.23. The van der Waals surface area contributed by atoms with Crippen LogP contribution in [0.25, 0.3) is 0 Å². The number of rotatable bonds is 8. The molecule has 6 heteroatoms. The Kier molecular flexibility index (Phi) is 7.44. The molecule has 2 aromatic carbocycles. The second kappa shape index (κ2) is 10.1. The van der Waals surface area contributed by atoms with Crippen LogP contribution in [0.1, 0.15) is 43.5 Å². The summed E-state index contributed by atoms with van der Waals surface area (Å²) < 4.78 is 16.4. The molecule has 1 aliphatic heterocycles. The zero-order valence-corrected chi connectivity index (χ0v) is 19.4. The predicted molar refractivity (Wildman–Crippen MR) is 122 cm³/mol. The lowest BCUT2D eigenvalue weighted by Gasteiger charge is -2.41. The van der Waals surface area contributed by atoms with Crippen LogP contribution in [0.15, 0.2) is 36.4 Å². The van der Waals surface area contributed by atoms with E-state index >= 15 is 0 Å². The summed E-state index contributed by atoms with van der Waals surface area (Å²) in [6.07, 6.45) is 0.910. The Bertz CT molecular complexity index is 895. The molecule has 2 atom stereocenters. The monoisotopic (exact) mass is 426 g/mol. The molecule has 3 rings (SSSR count). The normalized spacial score (nSPS) is 17.1. The maximum Gasteiger partial charge on any atom is 0.222 e. The Morgan fingerprint density at radius 1 is 1.03 bits per heavy atom. The van der Waals surface area contributed by atoms with E-state index in [0.717, 1.165) is 31.0 Å². The third-order valence-corrected chi connectivity index (χ3v) is 5.94. The average molecular weight is 427 g/mol. The number of nitrogens with zero attached hydrogens (tertiary/aromatic N) is 1.